The Labute approximate surface area is 235 Å². The smallest absolute Gasteiger partial charge is 0.336 e. The van der Waals surface area contributed by atoms with Gasteiger partial charge in [0.25, 0.3) is 5.92 Å². The van der Waals surface area contributed by atoms with Gasteiger partial charge in [0.05, 0.1) is 30.3 Å². The lowest BCUT2D eigenvalue weighted by Crippen LogP contribution is -2.26. The van der Waals surface area contributed by atoms with Crippen LogP contribution in [0.4, 0.5) is 8.78 Å². The third kappa shape index (κ3) is 4.74. The molecule has 0 atom stereocenters. The van der Waals surface area contributed by atoms with E-state index in [9.17, 15) is 18.7 Å². The van der Waals surface area contributed by atoms with E-state index >= 15 is 0 Å². The first-order chi connectivity index (χ1) is 19.7. The number of alkyl halides is 2. The van der Waals surface area contributed by atoms with E-state index in [1.807, 2.05) is 47.0 Å². The largest absolute Gasteiger partial charge is 0.497 e. The van der Waals surface area contributed by atoms with Crippen molar-refractivity contribution in [1.82, 2.24) is 14.1 Å². The number of imidazole rings is 1. The van der Waals surface area contributed by atoms with E-state index in [2.05, 4.69) is 4.57 Å². The number of fused-ring (bicyclic) bond motifs is 4. The lowest BCUT2D eigenvalue weighted by atomic mass is 9.92. The van der Waals surface area contributed by atoms with Crippen LogP contribution < -0.4 is 4.74 Å². The normalized spacial score (nSPS) is 14.5. The summed E-state index contributed by atoms with van der Waals surface area (Å²) in [5.41, 5.74) is 6.52. The molecule has 0 unspecified atom stereocenters. The van der Waals surface area contributed by atoms with Crippen molar-refractivity contribution >= 4 is 27.9 Å². The number of rotatable bonds is 8. The van der Waals surface area contributed by atoms with E-state index in [4.69, 9.17) is 14.5 Å². The summed E-state index contributed by atoms with van der Waals surface area (Å²) in [7, 11) is 3.25. The Morgan fingerprint density at radius 2 is 1.80 bits per heavy atom. The van der Waals surface area contributed by atoms with Crippen molar-refractivity contribution in [2.45, 2.75) is 45.2 Å². The average molecular weight is 560 g/mol. The Bertz CT molecular complexity index is 1790. The molecular formula is C32H31F2N3O4. The number of benzene rings is 3. The van der Waals surface area contributed by atoms with E-state index in [0.717, 1.165) is 39.0 Å². The van der Waals surface area contributed by atoms with Crippen LogP contribution in [0.15, 0.2) is 54.6 Å². The van der Waals surface area contributed by atoms with Gasteiger partial charge >= 0.3 is 5.97 Å². The van der Waals surface area contributed by atoms with Crippen LogP contribution in [0.1, 0.15) is 39.2 Å². The highest BCUT2D eigenvalue weighted by Crippen LogP contribution is 2.41. The average Bonchev–Trinajstić information content (AvgIpc) is 3.47. The maximum atomic E-state index is 14.7. The number of ether oxygens (including phenoxy) is 2. The lowest BCUT2D eigenvalue weighted by Gasteiger charge is -2.23. The fraction of sp³-hybridized carbons (Fsp3) is 0.312. The molecule has 0 radical (unpaired) electrons. The zero-order valence-electron chi connectivity index (χ0n) is 23.2. The number of aromatic carboxylic acids is 1. The third-order valence-electron chi connectivity index (χ3n) is 8.13. The highest BCUT2D eigenvalue weighted by atomic mass is 19.3. The summed E-state index contributed by atoms with van der Waals surface area (Å²) >= 11 is 0. The summed E-state index contributed by atoms with van der Waals surface area (Å²) in [6, 6.07) is 17.1. The van der Waals surface area contributed by atoms with Gasteiger partial charge in [-0.3, -0.25) is 0 Å². The number of methoxy groups -OCH3 is 2. The molecule has 1 N–H and O–H groups in total. The summed E-state index contributed by atoms with van der Waals surface area (Å²) in [5.74, 6) is -2.37. The van der Waals surface area contributed by atoms with Crippen LogP contribution in [0.25, 0.3) is 33.3 Å². The maximum absolute atomic E-state index is 14.7. The quantitative estimate of drug-likeness (QED) is 0.235. The van der Waals surface area contributed by atoms with Crippen LogP contribution in [0, 0.1) is 6.92 Å². The van der Waals surface area contributed by atoms with Gasteiger partial charge in [0.15, 0.2) is 0 Å². The van der Waals surface area contributed by atoms with Crippen molar-refractivity contribution in [3.63, 3.8) is 0 Å². The Morgan fingerprint density at radius 3 is 2.51 bits per heavy atom. The van der Waals surface area contributed by atoms with Crippen molar-refractivity contribution in [2.75, 3.05) is 20.8 Å². The predicted octanol–water partition coefficient (Wildman–Crippen LogP) is 6.49. The van der Waals surface area contributed by atoms with E-state index in [1.165, 1.54) is 0 Å². The lowest BCUT2D eigenvalue weighted by molar-refractivity contribution is -0.0125. The van der Waals surface area contributed by atoms with Gasteiger partial charge in [0.2, 0.25) is 0 Å². The predicted molar refractivity (Wildman–Crippen MR) is 153 cm³/mol. The molecule has 212 valence electrons. The third-order valence-corrected chi connectivity index (χ3v) is 8.13. The molecule has 7 nitrogen and oxygen atoms in total. The van der Waals surface area contributed by atoms with Gasteiger partial charge in [-0.25, -0.2) is 18.6 Å². The topological polar surface area (TPSA) is 78.5 Å². The first-order valence-corrected chi connectivity index (χ1v) is 13.6. The number of nitrogens with zero attached hydrogens (tertiary/aromatic N) is 3. The number of carboxylic acids is 1. The molecule has 5 aromatic rings. The fourth-order valence-electron chi connectivity index (χ4n) is 6.03. The molecule has 0 amide bonds. The van der Waals surface area contributed by atoms with E-state index in [1.54, 1.807) is 33.3 Å². The summed E-state index contributed by atoms with van der Waals surface area (Å²) < 4.78 is 44.3. The summed E-state index contributed by atoms with van der Waals surface area (Å²) in [5, 5.41) is 10.4. The Balaban J connectivity index is 1.53. The molecule has 2 heterocycles. The molecule has 6 rings (SSSR count). The van der Waals surface area contributed by atoms with Gasteiger partial charge in [0, 0.05) is 55.2 Å². The van der Waals surface area contributed by atoms with Crippen LogP contribution in [0.2, 0.25) is 0 Å². The monoisotopic (exact) mass is 559 g/mol. The minimum absolute atomic E-state index is 0.177. The van der Waals surface area contributed by atoms with Crippen LogP contribution >= 0.6 is 0 Å². The van der Waals surface area contributed by atoms with Gasteiger partial charge in [-0.05, 0) is 72.5 Å². The molecule has 1 aliphatic rings. The van der Waals surface area contributed by atoms with Crippen molar-refractivity contribution < 1.29 is 28.2 Å². The van der Waals surface area contributed by atoms with E-state index in [0.29, 0.717) is 48.6 Å². The molecular weight excluding hydrogens is 528 g/mol. The number of aryl methyl sites for hydroxylation is 1. The number of carboxylic acid groups (broad SMARTS) is 1. The molecule has 3 aromatic carbocycles. The minimum atomic E-state index is -2.77. The van der Waals surface area contributed by atoms with Crippen LogP contribution in [0.5, 0.6) is 5.75 Å². The zero-order valence-corrected chi connectivity index (χ0v) is 23.2. The second-order valence-electron chi connectivity index (χ2n) is 10.6. The first-order valence-electron chi connectivity index (χ1n) is 13.6. The van der Waals surface area contributed by atoms with Gasteiger partial charge in [-0.15, -0.1) is 0 Å². The SMILES string of the molecule is COCCn1c(-c2ccc3c(c2)c2c(n3Cc3ccc(OC)cc3)CCC(F)(F)C2)nc2c(C)c(C(=O)O)ccc21. The molecule has 1 aliphatic carbocycles. The van der Waals surface area contributed by atoms with Crippen LogP contribution in [-0.2, 0) is 30.7 Å². The number of aromatic nitrogens is 3. The molecule has 2 aromatic heterocycles. The van der Waals surface area contributed by atoms with Crippen LogP contribution in [0.3, 0.4) is 0 Å². The van der Waals surface area contributed by atoms with Crippen molar-refractivity contribution in [3.05, 3.63) is 82.5 Å². The minimum Gasteiger partial charge on any atom is -0.497 e. The molecule has 9 heteroatoms. The van der Waals surface area contributed by atoms with Gasteiger partial charge in [-0.2, -0.15) is 0 Å². The maximum Gasteiger partial charge on any atom is 0.336 e. The van der Waals surface area contributed by atoms with Crippen molar-refractivity contribution in [3.8, 4) is 17.1 Å². The molecule has 0 aliphatic heterocycles. The first kappa shape index (κ1) is 27.0. The van der Waals surface area contributed by atoms with Crippen molar-refractivity contribution in [2.24, 2.45) is 0 Å². The second-order valence-corrected chi connectivity index (χ2v) is 10.6. The molecule has 0 fully saturated rings. The summed E-state index contributed by atoms with van der Waals surface area (Å²) in [6.45, 7) is 3.25. The molecule has 0 saturated carbocycles. The number of hydrogen-bond donors (Lipinski definition) is 1. The summed E-state index contributed by atoms with van der Waals surface area (Å²) in [4.78, 5) is 16.7. The number of carbonyl (C=O) groups is 1. The van der Waals surface area contributed by atoms with Crippen LogP contribution in [-0.4, -0.2) is 51.9 Å². The molecule has 0 saturated heterocycles. The molecule has 41 heavy (non-hydrogen) atoms. The molecule has 0 bridgehead atoms. The highest BCUT2D eigenvalue weighted by Gasteiger charge is 2.37. The number of halogens is 2. The second kappa shape index (κ2) is 10.3. The zero-order chi connectivity index (χ0) is 28.9. The Morgan fingerprint density at radius 1 is 1.05 bits per heavy atom. The van der Waals surface area contributed by atoms with Gasteiger partial charge in [-0.1, -0.05) is 12.1 Å². The number of hydrogen-bond acceptors (Lipinski definition) is 4. The standard InChI is InChI=1S/C32H31F2N3O4/c1-19-23(31(38)39)9-11-28-29(19)35-30(36(28)14-15-40-2)21-6-10-26-24(16-21)25-17-32(33,34)13-12-27(25)37(26)18-20-4-7-22(41-3)8-5-20/h4-11,16H,12-15,17-18H2,1-3H3,(H,38,39). The highest BCUT2D eigenvalue weighted by molar-refractivity contribution is 5.97. The Kier molecular flexibility index (Phi) is 6.77. The summed E-state index contributed by atoms with van der Waals surface area (Å²) in [6.07, 6.45) is -0.186. The Hall–Kier alpha value is -4.24. The molecule has 0 spiro atoms. The fourth-order valence-corrected chi connectivity index (χ4v) is 6.03. The van der Waals surface area contributed by atoms with Gasteiger partial charge in [0.1, 0.15) is 11.6 Å². The van der Waals surface area contributed by atoms with Gasteiger partial charge < -0.3 is 23.7 Å². The van der Waals surface area contributed by atoms with E-state index < -0.39 is 11.9 Å². The van der Waals surface area contributed by atoms with Crippen molar-refractivity contribution in [1.29, 1.82) is 0 Å². The van der Waals surface area contributed by atoms with E-state index in [-0.39, 0.29) is 18.4 Å².